The third kappa shape index (κ3) is 4.55. The van der Waals surface area contributed by atoms with E-state index in [1.165, 1.54) is 13.2 Å². The van der Waals surface area contributed by atoms with Gasteiger partial charge in [-0.15, -0.1) is 0 Å². The lowest BCUT2D eigenvalue weighted by atomic mass is 10.2. The van der Waals surface area contributed by atoms with Gasteiger partial charge in [-0.2, -0.15) is 0 Å². The molecular weight excluding hydrogens is 252 g/mol. The van der Waals surface area contributed by atoms with E-state index in [-0.39, 0.29) is 18.7 Å². The van der Waals surface area contributed by atoms with Gasteiger partial charge in [0, 0.05) is 31.0 Å². The Labute approximate surface area is 109 Å². The number of methoxy groups -OCH3 is 1. The monoisotopic (exact) mass is 268 g/mol. The summed E-state index contributed by atoms with van der Waals surface area (Å²) in [4.78, 5) is 37.8. The standard InChI is InChI=1S/C12H16N2O5/c1-8-5-9(6-10(15)13-8)12(18)14(3-4-19-2)7-11(16)17/h5-6H,3-4,7H2,1-2H3,(H,13,15)(H,16,17). The van der Waals surface area contributed by atoms with Gasteiger partial charge in [-0.25, -0.2) is 0 Å². The molecule has 0 spiro atoms. The average Bonchev–Trinajstić information content (AvgIpc) is 2.32. The first-order valence-corrected chi connectivity index (χ1v) is 5.65. The Kier molecular flexibility index (Phi) is 5.25. The smallest absolute Gasteiger partial charge is 0.323 e. The van der Waals surface area contributed by atoms with Crippen LogP contribution < -0.4 is 5.56 Å². The van der Waals surface area contributed by atoms with Crippen molar-refractivity contribution >= 4 is 11.9 Å². The van der Waals surface area contributed by atoms with Crippen LogP contribution in [0.5, 0.6) is 0 Å². The Bertz CT molecular complexity index is 523. The van der Waals surface area contributed by atoms with Gasteiger partial charge in [-0.05, 0) is 13.0 Å². The van der Waals surface area contributed by atoms with Crippen molar-refractivity contribution in [3.05, 3.63) is 33.7 Å². The summed E-state index contributed by atoms with van der Waals surface area (Å²) in [5, 5.41) is 8.79. The van der Waals surface area contributed by atoms with Crippen LogP contribution in [-0.4, -0.2) is 53.7 Å². The van der Waals surface area contributed by atoms with Gasteiger partial charge in [0.05, 0.1) is 6.61 Å². The van der Waals surface area contributed by atoms with Crippen molar-refractivity contribution in [2.75, 3.05) is 26.8 Å². The molecule has 1 rings (SSSR count). The minimum atomic E-state index is -1.12. The van der Waals surface area contributed by atoms with E-state index in [1.807, 2.05) is 0 Å². The zero-order chi connectivity index (χ0) is 14.4. The molecule has 0 aromatic carbocycles. The van der Waals surface area contributed by atoms with E-state index >= 15 is 0 Å². The second-order valence-corrected chi connectivity index (χ2v) is 4.03. The van der Waals surface area contributed by atoms with Gasteiger partial charge in [0.15, 0.2) is 0 Å². The summed E-state index contributed by atoms with van der Waals surface area (Å²) in [7, 11) is 1.46. The summed E-state index contributed by atoms with van der Waals surface area (Å²) < 4.78 is 4.83. The first kappa shape index (κ1) is 14.9. The molecule has 0 radical (unpaired) electrons. The van der Waals surface area contributed by atoms with Crippen molar-refractivity contribution < 1.29 is 19.4 Å². The summed E-state index contributed by atoms with van der Waals surface area (Å²) in [6.07, 6.45) is 0. The van der Waals surface area contributed by atoms with Crippen LogP contribution >= 0.6 is 0 Å². The Morgan fingerprint density at radius 3 is 2.63 bits per heavy atom. The van der Waals surface area contributed by atoms with Gasteiger partial charge >= 0.3 is 5.97 Å². The normalized spacial score (nSPS) is 10.2. The van der Waals surface area contributed by atoms with E-state index in [9.17, 15) is 14.4 Å². The Morgan fingerprint density at radius 2 is 2.11 bits per heavy atom. The number of carboxylic acids is 1. The van der Waals surface area contributed by atoms with Gasteiger partial charge in [0.2, 0.25) is 5.56 Å². The first-order chi connectivity index (χ1) is 8.93. The highest BCUT2D eigenvalue weighted by Gasteiger charge is 2.18. The van der Waals surface area contributed by atoms with Crippen molar-refractivity contribution in [3.8, 4) is 0 Å². The quantitative estimate of drug-likeness (QED) is 0.747. The van der Waals surface area contributed by atoms with Gasteiger partial charge in [0.25, 0.3) is 5.91 Å². The molecule has 2 N–H and O–H groups in total. The minimum absolute atomic E-state index is 0.146. The molecule has 1 heterocycles. The van der Waals surface area contributed by atoms with Crippen molar-refractivity contribution in [2.24, 2.45) is 0 Å². The number of rotatable bonds is 6. The number of nitrogens with one attached hydrogen (secondary N) is 1. The number of H-pyrrole nitrogens is 1. The van der Waals surface area contributed by atoms with E-state index in [2.05, 4.69) is 4.98 Å². The zero-order valence-corrected chi connectivity index (χ0v) is 10.8. The van der Waals surface area contributed by atoms with Crippen LogP contribution in [0.4, 0.5) is 0 Å². The van der Waals surface area contributed by atoms with Crippen LogP contribution in [0.3, 0.4) is 0 Å². The molecule has 0 fully saturated rings. The van der Waals surface area contributed by atoms with Gasteiger partial charge < -0.3 is 19.7 Å². The fraction of sp³-hybridized carbons (Fsp3) is 0.417. The second kappa shape index (κ2) is 6.69. The summed E-state index contributed by atoms with van der Waals surface area (Å²) in [5.41, 5.74) is 0.307. The number of hydrogen-bond acceptors (Lipinski definition) is 4. The number of nitrogens with zero attached hydrogens (tertiary/aromatic N) is 1. The predicted molar refractivity (Wildman–Crippen MR) is 67.2 cm³/mol. The molecule has 19 heavy (non-hydrogen) atoms. The molecule has 0 unspecified atom stereocenters. The molecule has 0 aliphatic carbocycles. The van der Waals surface area contributed by atoms with E-state index in [0.29, 0.717) is 5.69 Å². The molecule has 0 aliphatic heterocycles. The summed E-state index contributed by atoms with van der Waals surface area (Å²) in [6.45, 7) is 1.58. The number of hydrogen-bond donors (Lipinski definition) is 2. The molecule has 0 bridgehead atoms. The lowest BCUT2D eigenvalue weighted by Crippen LogP contribution is -2.38. The third-order valence-electron chi connectivity index (χ3n) is 2.40. The number of aliphatic carboxylic acids is 1. The Hall–Kier alpha value is -2.15. The van der Waals surface area contributed by atoms with Crippen LogP contribution in [0.25, 0.3) is 0 Å². The summed E-state index contributed by atoms with van der Waals surface area (Å²) >= 11 is 0. The number of carbonyl (C=O) groups is 2. The first-order valence-electron chi connectivity index (χ1n) is 5.65. The minimum Gasteiger partial charge on any atom is -0.480 e. The van der Waals surface area contributed by atoms with Crippen molar-refractivity contribution in [3.63, 3.8) is 0 Å². The second-order valence-electron chi connectivity index (χ2n) is 4.03. The van der Waals surface area contributed by atoms with Crippen LogP contribution in [0.1, 0.15) is 16.1 Å². The maximum absolute atomic E-state index is 12.1. The molecule has 0 saturated carbocycles. The molecule has 1 aromatic rings. The average molecular weight is 268 g/mol. The highest BCUT2D eigenvalue weighted by Crippen LogP contribution is 2.04. The largest absolute Gasteiger partial charge is 0.480 e. The third-order valence-corrected chi connectivity index (χ3v) is 2.40. The summed E-state index contributed by atoms with van der Waals surface area (Å²) in [6, 6.07) is 2.66. The molecule has 1 aromatic heterocycles. The highest BCUT2D eigenvalue weighted by atomic mass is 16.5. The number of ether oxygens (including phenoxy) is 1. The van der Waals surface area contributed by atoms with Crippen LogP contribution in [0.15, 0.2) is 16.9 Å². The summed E-state index contributed by atoms with van der Waals surface area (Å²) in [5.74, 6) is -1.63. The number of aryl methyl sites for hydroxylation is 1. The van der Waals surface area contributed by atoms with E-state index in [0.717, 1.165) is 11.0 Å². The molecule has 104 valence electrons. The Morgan fingerprint density at radius 1 is 1.42 bits per heavy atom. The fourth-order valence-electron chi connectivity index (χ4n) is 1.61. The van der Waals surface area contributed by atoms with Crippen LogP contribution in [0, 0.1) is 6.92 Å². The van der Waals surface area contributed by atoms with Crippen molar-refractivity contribution in [1.82, 2.24) is 9.88 Å². The van der Waals surface area contributed by atoms with E-state index < -0.39 is 24.0 Å². The van der Waals surface area contributed by atoms with Crippen molar-refractivity contribution in [1.29, 1.82) is 0 Å². The number of aromatic nitrogens is 1. The number of carboxylic acid groups (broad SMARTS) is 1. The van der Waals surface area contributed by atoms with Gasteiger partial charge in [-0.3, -0.25) is 14.4 Å². The van der Waals surface area contributed by atoms with Gasteiger partial charge in [0.1, 0.15) is 6.54 Å². The van der Waals surface area contributed by atoms with Crippen molar-refractivity contribution in [2.45, 2.75) is 6.92 Å². The Balaban J connectivity index is 2.96. The SMILES string of the molecule is COCCN(CC(=O)O)C(=O)c1cc(C)[nH]c(=O)c1. The molecule has 0 aliphatic rings. The lowest BCUT2D eigenvalue weighted by molar-refractivity contribution is -0.137. The van der Waals surface area contributed by atoms with Gasteiger partial charge in [-0.1, -0.05) is 0 Å². The molecule has 0 atom stereocenters. The number of carbonyl (C=O) groups excluding carboxylic acids is 1. The molecular formula is C12H16N2O5. The topological polar surface area (TPSA) is 99.7 Å². The van der Waals surface area contributed by atoms with Crippen LogP contribution in [-0.2, 0) is 9.53 Å². The van der Waals surface area contributed by atoms with E-state index in [4.69, 9.17) is 9.84 Å². The van der Waals surface area contributed by atoms with Crippen LogP contribution in [0.2, 0.25) is 0 Å². The fourth-order valence-corrected chi connectivity index (χ4v) is 1.61. The lowest BCUT2D eigenvalue weighted by Gasteiger charge is -2.20. The maximum Gasteiger partial charge on any atom is 0.323 e. The molecule has 0 saturated heterocycles. The zero-order valence-electron chi connectivity index (χ0n) is 10.8. The number of pyridine rings is 1. The molecule has 1 amide bonds. The molecule has 7 nitrogen and oxygen atoms in total. The number of amides is 1. The maximum atomic E-state index is 12.1. The highest BCUT2D eigenvalue weighted by molar-refractivity contribution is 5.95. The van der Waals surface area contributed by atoms with E-state index in [1.54, 1.807) is 6.92 Å². The predicted octanol–water partition coefficient (Wildman–Crippen LogP) is -0.143. The molecule has 7 heteroatoms. The number of aromatic amines is 1.